The van der Waals surface area contributed by atoms with Gasteiger partial charge in [0.1, 0.15) is 9.54 Å². The summed E-state index contributed by atoms with van der Waals surface area (Å²) in [5, 5.41) is 11.5. The molecule has 2 N–H and O–H groups in total. The summed E-state index contributed by atoms with van der Waals surface area (Å²) in [6.45, 7) is 1.92. The summed E-state index contributed by atoms with van der Waals surface area (Å²) >= 11 is 4.64. The zero-order chi connectivity index (χ0) is 12.1. The van der Waals surface area contributed by atoms with Gasteiger partial charge in [-0.05, 0) is 29.3 Å². The lowest BCUT2D eigenvalue weighted by molar-refractivity contribution is 0.0938. The highest BCUT2D eigenvalue weighted by Gasteiger charge is 2.15. The van der Waals surface area contributed by atoms with Crippen LogP contribution >= 0.6 is 27.3 Å². The Labute approximate surface area is 107 Å². The second kappa shape index (κ2) is 6.22. The first kappa shape index (κ1) is 13.5. The molecule has 1 amide bonds. The maximum atomic E-state index is 11.8. The van der Waals surface area contributed by atoms with Crippen molar-refractivity contribution in [3.8, 4) is 5.75 Å². The van der Waals surface area contributed by atoms with E-state index in [0.29, 0.717) is 17.0 Å². The van der Waals surface area contributed by atoms with E-state index in [1.165, 1.54) is 11.3 Å². The topological polar surface area (TPSA) is 58.6 Å². The second-order valence-corrected chi connectivity index (χ2v) is 5.71. The highest BCUT2D eigenvalue weighted by atomic mass is 79.9. The van der Waals surface area contributed by atoms with Crippen LogP contribution in [0.3, 0.4) is 0 Å². The molecule has 0 aromatic carbocycles. The minimum Gasteiger partial charge on any atom is -0.495 e. The number of ether oxygens (including phenoxy) is 1. The van der Waals surface area contributed by atoms with E-state index in [2.05, 4.69) is 21.2 Å². The van der Waals surface area contributed by atoms with Crippen LogP contribution in [0.15, 0.2) is 9.85 Å². The number of amides is 1. The number of aliphatic hydroxyl groups excluding tert-OH is 1. The average molecular weight is 308 g/mol. The van der Waals surface area contributed by atoms with Crippen molar-refractivity contribution in [3.63, 3.8) is 0 Å². The minimum absolute atomic E-state index is 0.0376. The average Bonchev–Trinajstić information content (AvgIpc) is 2.60. The molecule has 0 radical (unpaired) electrons. The Morgan fingerprint density at radius 2 is 2.44 bits per heavy atom. The molecule has 1 aromatic heterocycles. The third kappa shape index (κ3) is 3.47. The number of hydrogen-bond acceptors (Lipinski definition) is 4. The van der Waals surface area contributed by atoms with Crippen molar-refractivity contribution in [1.29, 1.82) is 0 Å². The molecule has 0 aliphatic rings. The molecule has 0 spiro atoms. The summed E-state index contributed by atoms with van der Waals surface area (Å²) in [5.74, 6) is 0.514. The quantitative estimate of drug-likeness (QED) is 0.875. The Bertz CT molecular complexity index is 367. The Kier molecular flexibility index (Phi) is 5.24. The van der Waals surface area contributed by atoms with Crippen molar-refractivity contribution in [3.05, 3.63) is 14.7 Å². The van der Waals surface area contributed by atoms with Crippen LogP contribution < -0.4 is 10.1 Å². The van der Waals surface area contributed by atoms with Crippen LogP contribution in [0.25, 0.3) is 0 Å². The number of thiophene rings is 1. The first-order chi connectivity index (χ1) is 7.58. The molecule has 90 valence electrons. The molecule has 4 nitrogen and oxygen atoms in total. The van der Waals surface area contributed by atoms with Crippen LogP contribution in [0.5, 0.6) is 5.75 Å². The van der Waals surface area contributed by atoms with Gasteiger partial charge in [-0.3, -0.25) is 4.79 Å². The SMILES string of the molecule is COc1cc(C(=O)NC(C)CCO)sc1Br. The number of carbonyl (C=O) groups excluding carboxylic acids is 1. The summed E-state index contributed by atoms with van der Waals surface area (Å²) in [4.78, 5) is 12.3. The number of rotatable bonds is 5. The fourth-order valence-corrected chi connectivity index (χ4v) is 2.72. The van der Waals surface area contributed by atoms with Gasteiger partial charge in [-0.2, -0.15) is 0 Å². The molecule has 6 heteroatoms. The summed E-state index contributed by atoms with van der Waals surface area (Å²) < 4.78 is 5.87. The van der Waals surface area contributed by atoms with Crippen LogP contribution in [-0.2, 0) is 0 Å². The van der Waals surface area contributed by atoms with Crippen LogP contribution in [0.4, 0.5) is 0 Å². The highest BCUT2D eigenvalue weighted by Crippen LogP contribution is 2.34. The highest BCUT2D eigenvalue weighted by molar-refractivity contribution is 9.11. The van der Waals surface area contributed by atoms with E-state index < -0.39 is 0 Å². The first-order valence-electron chi connectivity index (χ1n) is 4.83. The second-order valence-electron chi connectivity index (χ2n) is 3.34. The summed E-state index contributed by atoms with van der Waals surface area (Å²) in [6, 6.07) is 1.65. The smallest absolute Gasteiger partial charge is 0.261 e. The van der Waals surface area contributed by atoms with E-state index >= 15 is 0 Å². The molecule has 0 saturated carbocycles. The molecule has 0 bridgehead atoms. The van der Waals surface area contributed by atoms with Crippen molar-refractivity contribution in [1.82, 2.24) is 5.32 Å². The maximum Gasteiger partial charge on any atom is 0.261 e. The van der Waals surface area contributed by atoms with Crippen molar-refractivity contribution >= 4 is 33.2 Å². The first-order valence-corrected chi connectivity index (χ1v) is 6.44. The summed E-state index contributed by atoms with van der Waals surface area (Å²) in [5.41, 5.74) is 0. The van der Waals surface area contributed by atoms with Gasteiger partial charge < -0.3 is 15.2 Å². The lowest BCUT2D eigenvalue weighted by Crippen LogP contribution is -2.32. The zero-order valence-electron chi connectivity index (χ0n) is 9.12. The molecule has 1 unspecified atom stereocenters. The standard InChI is InChI=1S/C10H14BrNO3S/c1-6(3-4-13)12-10(14)8-5-7(15-2)9(11)16-8/h5-6,13H,3-4H2,1-2H3,(H,12,14). The number of carbonyl (C=O) groups is 1. The normalized spacial score (nSPS) is 12.2. The monoisotopic (exact) mass is 307 g/mol. The number of methoxy groups -OCH3 is 1. The van der Waals surface area contributed by atoms with Crippen LogP contribution in [0, 0.1) is 0 Å². The molecule has 1 atom stereocenters. The Balaban J connectivity index is 2.65. The van der Waals surface area contributed by atoms with Gasteiger partial charge >= 0.3 is 0 Å². The summed E-state index contributed by atoms with van der Waals surface area (Å²) in [7, 11) is 1.56. The van der Waals surface area contributed by atoms with Gasteiger partial charge in [-0.15, -0.1) is 11.3 Å². The Morgan fingerprint density at radius 3 is 2.94 bits per heavy atom. The van der Waals surface area contributed by atoms with Gasteiger partial charge in [-0.1, -0.05) is 0 Å². The van der Waals surface area contributed by atoms with Crippen molar-refractivity contribution < 1.29 is 14.6 Å². The Morgan fingerprint density at radius 1 is 1.75 bits per heavy atom. The van der Waals surface area contributed by atoms with E-state index in [9.17, 15) is 4.79 Å². The van der Waals surface area contributed by atoms with Crippen molar-refractivity contribution in [2.75, 3.05) is 13.7 Å². The van der Waals surface area contributed by atoms with Gasteiger partial charge in [0.25, 0.3) is 5.91 Å². The molecule has 1 heterocycles. The number of hydrogen-bond donors (Lipinski definition) is 2. The van der Waals surface area contributed by atoms with Gasteiger partial charge in [-0.25, -0.2) is 0 Å². The molecule has 0 fully saturated rings. The lowest BCUT2D eigenvalue weighted by atomic mass is 10.2. The van der Waals surface area contributed by atoms with Crippen LogP contribution in [0.2, 0.25) is 0 Å². The van der Waals surface area contributed by atoms with Crippen molar-refractivity contribution in [2.24, 2.45) is 0 Å². The summed E-state index contributed by atoms with van der Waals surface area (Å²) in [6.07, 6.45) is 0.551. The van der Waals surface area contributed by atoms with Crippen molar-refractivity contribution in [2.45, 2.75) is 19.4 Å². The molecule has 16 heavy (non-hydrogen) atoms. The van der Waals surface area contributed by atoms with E-state index in [1.54, 1.807) is 13.2 Å². The van der Waals surface area contributed by atoms with E-state index in [-0.39, 0.29) is 18.6 Å². The molecule has 0 aliphatic carbocycles. The third-order valence-corrected chi connectivity index (χ3v) is 3.82. The van der Waals surface area contributed by atoms with E-state index in [0.717, 1.165) is 3.79 Å². The maximum absolute atomic E-state index is 11.8. The Hall–Kier alpha value is -0.590. The van der Waals surface area contributed by atoms with Crippen LogP contribution in [-0.4, -0.2) is 30.8 Å². The largest absolute Gasteiger partial charge is 0.495 e. The number of aliphatic hydroxyl groups is 1. The van der Waals surface area contributed by atoms with Crippen LogP contribution in [0.1, 0.15) is 23.0 Å². The zero-order valence-corrected chi connectivity index (χ0v) is 11.5. The predicted molar refractivity (Wildman–Crippen MR) is 67.2 cm³/mol. The molecular formula is C10H14BrNO3S. The van der Waals surface area contributed by atoms with Gasteiger partial charge in [0, 0.05) is 18.7 Å². The molecule has 1 aromatic rings. The molecular weight excluding hydrogens is 294 g/mol. The van der Waals surface area contributed by atoms with Gasteiger partial charge in [0.15, 0.2) is 0 Å². The van der Waals surface area contributed by atoms with Gasteiger partial charge in [0.05, 0.1) is 12.0 Å². The lowest BCUT2D eigenvalue weighted by Gasteiger charge is -2.10. The number of nitrogens with one attached hydrogen (secondary N) is 1. The predicted octanol–water partition coefficient (Wildman–Crippen LogP) is 2.02. The number of halogens is 1. The van der Waals surface area contributed by atoms with E-state index in [1.807, 2.05) is 6.92 Å². The fraction of sp³-hybridized carbons (Fsp3) is 0.500. The molecule has 0 saturated heterocycles. The molecule has 1 rings (SSSR count). The fourth-order valence-electron chi connectivity index (χ4n) is 1.16. The van der Waals surface area contributed by atoms with Gasteiger partial charge in [0.2, 0.25) is 0 Å². The third-order valence-electron chi connectivity index (χ3n) is 2.04. The minimum atomic E-state index is -0.144. The molecule has 0 aliphatic heterocycles. The van der Waals surface area contributed by atoms with E-state index in [4.69, 9.17) is 9.84 Å².